The van der Waals surface area contributed by atoms with Crippen LogP contribution < -0.4 is 5.73 Å². The molecule has 1 fully saturated rings. The van der Waals surface area contributed by atoms with Crippen LogP contribution in [-0.4, -0.2) is 6.04 Å². The third-order valence-electron chi connectivity index (χ3n) is 2.87. The summed E-state index contributed by atoms with van der Waals surface area (Å²) in [5, 5.41) is 0. The molecule has 0 unspecified atom stereocenters. The Bertz CT molecular complexity index is 281. The summed E-state index contributed by atoms with van der Waals surface area (Å²) in [5.74, 6) is 0.274. The van der Waals surface area contributed by atoms with Crippen LogP contribution in [0.15, 0.2) is 24.3 Å². The molecular weight excluding hydrogens is 165 g/mol. The van der Waals surface area contributed by atoms with Gasteiger partial charge in [0.1, 0.15) is 5.82 Å². The fourth-order valence-electron chi connectivity index (χ4n) is 2.11. The minimum Gasteiger partial charge on any atom is -0.327 e. The van der Waals surface area contributed by atoms with Crippen molar-refractivity contribution < 1.29 is 4.39 Å². The fraction of sp³-hybridized carbons (Fsp3) is 0.455. The predicted octanol–water partition coefficient (Wildman–Crippen LogP) is 2.42. The first-order valence-corrected chi connectivity index (χ1v) is 4.78. The second-order valence-corrected chi connectivity index (χ2v) is 3.75. The quantitative estimate of drug-likeness (QED) is 0.704. The molecule has 0 amide bonds. The van der Waals surface area contributed by atoms with Gasteiger partial charge >= 0.3 is 0 Å². The van der Waals surface area contributed by atoms with Gasteiger partial charge in [-0.25, -0.2) is 4.39 Å². The highest BCUT2D eigenvalue weighted by Crippen LogP contribution is 2.33. The molecule has 0 heterocycles. The van der Waals surface area contributed by atoms with Crippen LogP contribution in [0.5, 0.6) is 0 Å². The van der Waals surface area contributed by atoms with E-state index in [9.17, 15) is 4.39 Å². The molecule has 2 N–H and O–H groups in total. The minimum absolute atomic E-state index is 0.171. The van der Waals surface area contributed by atoms with Gasteiger partial charge < -0.3 is 5.73 Å². The molecule has 0 radical (unpaired) electrons. The van der Waals surface area contributed by atoms with Gasteiger partial charge in [0.05, 0.1) is 0 Å². The molecule has 0 saturated heterocycles. The Morgan fingerprint density at radius 3 is 2.38 bits per heavy atom. The van der Waals surface area contributed by atoms with Crippen molar-refractivity contribution in [3.8, 4) is 0 Å². The van der Waals surface area contributed by atoms with Crippen LogP contribution in [0.4, 0.5) is 4.39 Å². The number of benzene rings is 1. The van der Waals surface area contributed by atoms with Crippen LogP contribution in [0, 0.1) is 5.82 Å². The average Bonchev–Trinajstić information content (AvgIpc) is 2.53. The second-order valence-electron chi connectivity index (χ2n) is 3.75. The molecule has 0 spiro atoms. The van der Waals surface area contributed by atoms with E-state index < -0.39 is 0 Å². The van der Waals surface area contributed by atoms with E-state index in [-0.39, 0.29) is 11.9 Å². The smallest absolute Gasteiger partial charge is 0.123 e. The third-order valence-corrected chi connectivity index (χ3v) is 2.87. The summed E-state index contributed by atoms with van der Waals surface area (Å²) in [6.45, 7) is 0. The molecule has 1 aliphatic carbocycles. The van der Waals surface area contributed by atoms with Crippen molar-refractivity contribution >= 4 is 0 Å². The Kier molecular flexibility index (Phi) is 2.32. The highest BCUT2D eigenvalue weighted by molar-refractivity contribution is 5.23. The maximum Gasteiger partial charge on any atom is 0.123 e. The standard InChI is InChI=1S/C11H14FN/c12-9-6-4-8(5-7-9)10-2-1-3-11(10)13/h4-7,10-11H,1-3,13H2/t10-,11-/m1/s1. The molecule has 0 aliphatic heterocycles. The van der Waals surface area contributed by atoms with Gasteiger partial charge in [-0.15, -0.1) is 0 Å². The number of hydrogen-bond donors (Lipinski definition) is 1. The summed E-state index contributed by atoms with van der Waals surface area (Å²) < 4.78 is 12.6. The van der Waals surface area contributed by atoms with Crippen molar-refractivity contribution in [1.82, 2.24) is 0 Å². The van der Waals surface area contributed by atoms with Crippen LogP contribution in [-0.2, 0) is 0 Å². The SMILES string of the molecule is N[C@@H]1CCC[C@@H]1c1ccc(F)cc1. The Labute approximate surface area is 77.8 Å². The van der Waals surface area contributed by atoms with Gasteiger partial charge in [-0.3, -0.25) is 0 Å². The van der Waals surface area contributed by atoms with E-state index in [2.05, 4.69) is 0 Å². The summed E-state index contributed by atoms with van der Waals surface area (Å²) in [5.41, 5.74) is 7.14. The van der Waals surface area contributed by atoms with Gasteiger partial charge in [-0.05, 0) is 36.5 Å². The lowest BCUT2D eigenvalue weighted by Crippen LogP contribution is -2.22. The second kappa shape index (κ2) is 3.46. The summed E-state index contributed by atoms with van der Waals surface area (Å²) in [6.07, 6.45) is 3.44. The minimum atomic E-state index is -0.171. The van der Waals surface area contributed by atoms with Crippen molar-refractivity contribution in [3.63, 3.8) is 0 Å². The lowest BCUT2D eigenvalue weighted by atomic mass is 9.95. The molecule has 1 nitrogen and oxygen atoms in total. The predicted molar refractivity (Wildman–Crippen MR) is 51.0 cm³/mol. The van der Waals surface area contributed by atoms with E-state index in [0.29, 0.717) is 5.92 Å². The van der Waals surface area contributed by atoms with E-state index in [1.54, 1.807) is 0 Å². The topological polar surface area (TPSA) is 26.0 Å². The van der Waals surface area contributed by atoms with Crippen molar-refractivity contribution in [2.45, 2.75) is 31.2 Å². The molecule has 13 heavy (non-hydrogen) atoms. The molecule has 0 aromatic heterocycles. The van der Waals surface area contributed by atoms with Crippen LogP contribution in [0.3, 0.4) is 0 Å². The molecule has 2 atom stereocenters. The summed E-state index contributed by atoms with van der Waals surface area (Å²) >= 11 is 0. The molecule has 70 valence electrons. The summed E-state index contributed by atoms with van der Waals surface area (Å²) in [7, 11) is 0. The monoisotopic (exact) mass is 179 g/mol. The van der Waals surface area contributed by atoms with E-state index in [1.165, 1.54) is 24.1 Å². The molecule has 1 aromatic rings. The van der Waals surface area contributed by atoms with Crippen molar-refractivity contribution in [3.05, 3.63) is 35.6 Å². The molecule has 1 saturated carbocycles. The van der Waals surface area contributed by atoms with Crippen LogP contribution in [0.25, 0.3) is 0 Å². The van der Waals surface area contributed by atoms with Gasteiger partial charge in [0.2, 0.25) is 0 Å². The normalized spacial score (nSPS) is 27.8. The first kappa shape index (κ1) is 8.70. The lowest BCUT2D eigenvalue weighted by molar-refractivity contribution is 0.603. The van der Waals surface area contributed by atoms with Gasteiger partial charge in [-0.2, -0.15) is 0 Å². The third kappa shape index (κ3) is 1.73. The van der Waals surface area contributed by atoms with Crippen LogP contribution in [0.2, 0.25) is 0 Å². The Morgan fingerprint density at radius 1 is 1.15 bits per heavy atom. The first-order valence-electron chi connectivity index (χ1n) is 4.78. The van der Waals surface area contributed by atoms with Crippen LogP contribution in [0.1, 0.15) is 30.7 Å². The zero-order valence-corrected chi connectivity index (χ0v) is 7.54. The molecule has 1 aromatic carbocycles. The zero-order chi connectivity index (χ0) is 9.26. The zero-order valence-electron chi connectivity index (χ0n) is 7.54. The molecule has 2 rings (SSSR count). The molecule has 1 aliphatic rings. The highest BCUT2D eigenvalue weighted by atomic mass is 19.1. The Hall–Kier alpha value is -0.890. The van der Waals surface area contributed by atoms with E-state index in [1.807, 2.05) is 12.1 Å². The van der Waals surface area contributed by atoms with Crippen molar-refractivity contribution in [2.24, 2.45) is 5.73 Å². The summed E-state index contributed by atoms with van der Waals surface area (Å²) in [6, 6.07) is 7.00. The number of rotatable bonds is 1. The largest absolute Gasteiger partial charge is 0.327 e. The van der Waals surface area contributed by atoms with Gasteiger partial charge in [0.25, 0.3) is 0 Å². The fourth-order valence-corrected chi connectivity index (χ4v) is 2.11. The molecule has 0 bridgehead atoms. The Morgan fingerprint density at radius 2 is 1.85 bits per heavy atom. The van der Waals surface area contributed by atoms with E-state index in [0.717, 1.165) is 12.8 Å². The van der Waals surface area contributed by atoms with E-state index in [4.69, 9.17) is 5.73 Å². The van der Waals surface area contributed by atoms with Crippen LogP contribution >= 0.6 is 0 Å². The maximum atomic E-state index is 12.6. The van der Waals surface area contributed by atoms with Gasteiger partial charge in [0, 0.05) is 6.04 Å². The van der Waals surface area contributed by atoms with Crippen molar-refractivity contribution in [1.29, 1.82) is 0 Å². The number of hydrogen-bond acceptors (Lipinski definition) is 1. The Balaban J connectivity index is 2.20. The molecule has 2 heteroatoms. The summed E-state index contributed by atoms with van der Waals surface area (Å²) in [4.78, 5) is 0. The first-order chi connectivity index (χ1) is 6.27. The number of halogens is 1. The van der Waals surface area contributed by atoms with Crippen molar-refractivity contribution in [2.75, 3.05) is 0 Å². The van der Waals surface area contributed by atoms with E-state index >= 15 is 0 Å². The maximum absolute atomic E-state index is 12.6. The van der Waals surface area contributed by atoms with Gasteiger partial charge in [-0.1, -0.05) is 18.6 Å². The van der Waals surface area contributed by atoms with Gasteiger partial charge in [0.15, 0.2) is 0 Å². The number of nitrogens with two attached hydrogens (primary N) is 1. The molecular formula is C11H14FN. The average molecular weight is 179 g/mol. The highest BCUT2D eigenvalue weighted by Gasteiger charge is 2.24. The lowest BCUT2D eigenvalue weighted by Gasteiger charge is -2.15.